The highest BCUT2D eigenvalue weighted by Gasteiger charge is 2.18. The van der Waals surface area contributed by atoms with E-state index in [-0.39, 0.29) is 0 Å². The monoisotopic (exact) mass is 504 g/mol. The van der Waals surface area contributed by atoms with Crippen LogP contribution in [-0.2, 0) is 0 Å². The smallest absolute Gasteiger partial charge is 0.168 e. The largest absolute Gasteiger partial charge is 0.309 e. The van der Waals surface area contributed by atoms with Crippen molar-refractivity contribution in [2.75, 3.05) is 0 Å². The van der Waals surface area contributed by atoms with Gasteiger partial charge in [0.05, 0.1) is 11.0 Å². The molecule has 0 unspecified atom stereocenters. The summed E-state index contributed by atoms with van der Waals surface area (Å²) in [6.07, 6.45) is 0. The van der Waals surface area contributed by atoms with Crippen LogP contribution in [0.25, 0.3) is 56.0 Å². The fourth-order valence-electron chi connectivity index (χ4n) is 5.46. The number of nitrogens with zero attached hydrogens (tertiary/aromatic N) is 4. The van der Waals surface area contributed by atoms with Crippen LogP contribution in [0.15, 0.2) is 127 Å². The summed E-state index contributed by atoms with van der Waals surface area (Å²) in [5.74, 6) is 2.12. The lowest BCUT2D eigenvalue weighted by atomic mass is 10.0. The number of para-hydroxylation sites is 2. The van der Waals surface area contributed by atoms with Crippen LogP contribution in [0.4, 0.5) is 0 Å². The SMILES string of the molecule is CC(C)c1ccc(-n2c(-c3ccccc3)nnc2-c2ccc(-n3c4ccccc4c4ccccc43)cc2)cc1. The van der Waals surface area contributed by atoms with Crippen molar-refractivity contribution >= 4 is 21.8 Å². The summed E-state index contributed by atoms with van der Waals surface area (Å²) in [6, 6.07) is 44.8. The van der Waals surface area contributed by atoms with E-state index in [1.54, 1.807) is 0 Å². The molecular weight excluding hydrogens is 476 g/mol. The van der Waals surface area contributed by atoms with E-state index in [2.05, 4.69) is 137 Å². The molecule has 0 aliphatic rings. The number of fused-ring (bicyclic) bond motifs is 3. The van der Waals surface area contributed by atoms with Gasteiger partial charge in [0.15, 0.2) is 11.6 Å². The van der Waals surface area contributed by atoms with Crippen molar-refractivity contribution in [3.63, 3.8) is 0 Å². The van der Waals surface area contributed by atoms with Gasteiger partial charge in [-0.25, -0.2) is 0 Å². The first-order valence-corrected chi connectivity index (χ1v) is 13.4. The van der Waals surface area contributed by atoms with Crippen molar-refractivity contribution in [1.82, 2.24) is 19.3 Å². The van der Waals surface area contributed by atoms with E-state index in [9.17, 15) is 0 Å². The molecule has 2 heterocycles. The Labute approximate surface area is 227 Å². The van der Waals surface area contributed by atoms with E-state index in [1.165, 1.54) is 27.4 Å². The maximum Gasteiger partial charge on any atom is 0.168 e. The molecular formula is C35H28N4. The fraction of sp³-hybridized carbons (Fsp3) is 0.0857. The highest BCUT2D eigenvalue weighted by Crippen LogP contribution is 2.34. The zero-order chi connectivity index (χ0) is 26.3. The van der Waals surface area contributed by atoms with E-state index in [1.807, 2.05) is 18.2 Å². The molecule has 0 amide bonds. The molecule has 0 spiro atoms. The second-order valence-corrected chi connectivity index (χ2v) is 10.2. The third-order valence-corrected chi connectivity index (χ3v) is 7.48. The van der Waals surface area contributed by atoms with E-state index in [0.29, 0.717) is 5.92 Å². The fourth-order valence-corrected chi connectivity index (χ4v) is 5.46. The first kappa shape index (κ1) is 23.2. The number of rotatable bonds is 5. The van der Waals surface area contributed by atoms with Gasteiger partial charge in [0.1, 0.15) is 0 Å². The van der Waals surface area contributed by atoms with E-state index >= 15 is 0 Å². The van der Waals surface area contributed by atoms with Crippen molar-refractivity contribution in [1.29, 1.82) is 0 Å². The van der Waals surface area contributed by atoms with Crippen LogP contribution in [0.1, 0.15) is 25.3 Å². The molecule has 4 heteroatoms. The molecule has 5 aromatic carbocycles. The standard InChI is InChI=1S/C35H28N4/c1-24(2)25-16-20-29(21-17-25)39-34(26-10-4-3-5-11-26)36-37-35(39)27-18-22-28(23-19-27)38-32-14-8-6-12-30(32)31-13-7-9-15-33(31)38/h3-24H,1-2H3. The van der Waals surface area contributed by atoms with Crippen LogP contribution >= 0.6 is 0 Å². The molecule has 0 aliphatic carbocycles. The Morgan fingerprint density at radius 2 is 0.923 bits per heavy atom. The lowest BCUT2D eigenvalue weighted by molar-refractivity contribution is 0.865. The molecule has 0 fully saturated rings. The number of hydrogen-bond acceptors (Lipinski definition) is 2. The Kier molecular flexibility index (Phi) is 5.59. The summed E-state index contributed by atoms with van der Waals surface area (Å²) in [5.41, 5.74) is 7.92. The van der Waals surface area contributed by atoms with E-state index in [0.717, 1.165) is 34.2 Å². The van der Waals surface area contributed by atoms with Crippen LogP contribution < -0.4 is 0 Å². The molecule has 2 aromatic heterocycles. The lowest BCUT2D eigenvalue weighted by Gasteiger charge is -2.13. The third-order valence-electron chi connectivity index (χ3n) is 7.48. The highest BCUT2D eigenvalue weighted by molar-refractivity contribution is 6.09. The van der Waals surface area contributed by atoms with Gasteiger partial charge in [0.25, 0.3) is 0 Å². The molecule has 0 N–H and O–H groups in total. The molecule has 7 rings (SSSR count). The van der Waals surface area contributed by atoms with Crippen LogP contribution in [0, 0.1) is 0 Å². The van der Waals surface area contributed by atoms with Gasteiger partial charge in [-0.2, -0.15) is 0 Å². The van der Waals surface area contributed by atoms with Crippen LogP contribution in [0.3, 0.4) is 0 Å². The zero-order valence-corrected chi connectivity index (χ0v) is 22.0. The summed E-state index contributed by atoms with van der Waals surface area (Å²) < 4.78 is 4.49. The quantitative estimate of drug-likeness (QED) is 0.235. The zero-order valence-electron chi connectivity index (χ0n) is 22.0. The van der Waals surface area contributed by atoms with Crippen molar-refractivity contribution in [2.24, 2.45) is 0 Å². The van der Waals surface area contributed by atoms with Gasteiger partial charge in [-0.3, -0.25) is 4.57 Å². The Balaban J connectivity index is 1.37. The average Bonchev–Trinajstić information content (AvgIpc) is 3.58. The minimum Gasteiger partial charge on any atom is -0.309 e. The minimum atomic E-state index is 0.474. The molecule has 0 aliphatic heterocycles. The molecule has 188 valence electrons. The first-order valence-electron chi connectivity index (χ1n) is 13.4. The maximum absolute atomic E-state index is 4.70. The van der Waals surface area contributed by atoms with Gasteiger partial charge in [-0.05, 0) is 60.0 Å². The molecule has 0 bridgehead atoms. The predicted octanol–water partition coefficient (Wildman–Crippen LogP) is 8.82. The van der Waals surface area contributed by atoms with E-state index in [4.69, 9.17) is 5.10 Å². The summed E-state index contributed by atoms with van der Waals surface area (Å²) in [5, 5.41) is 11.9. The Bertz CT molecular complexity index is 1860. The normalized spacial score (nSPS) is 11.6. The van der Waals surface area contributed by atoms with Gasteiger partial charge in [0.2, 0.25) is 0 Å². The van der Waals surface area contributed by atoms with Gasteiger partial charge in [-0.1, -0.05) is 92.7 Å². The number of benzene rings is 5. The minimum absolute atomic E-state index is 0.474. The van der Waals surface area contributed by atoms with Crippen molar-refractivity contribution in [2.45, 2.75) is 19.8 Å². The number of hydrogen-bond donors (Lipinski definition) is 0. The second kappa shape index (κ2) is 9.41. The highest BCUT2D eigenvalue weighted by atomic mass is 15.3. The molecule has 4 nitrogen and oxygen atoms in total. The predicted molar refractivity (Wildman–Crippen MR) is 161 cm³/mol. The maximum atomic E-state index is 4.70. The molecule has 7 aromatic rings. The van der Waals surface area contributed by atoms with Crippen molar-refractivity contribution in [3.05, 3.63) is 133 Å². The van der Waals surface area contributed by atoms with Gasteiger partial charge < -0.3 is 4.57 Å². The molecule has 0 atom stereocenters. The first-order chi connectivity index (χ1) is 19.2. The Morgan fingerprint density at radius 3 is 1.49 bits per heavy atom. The number of aromatic nitrogens is 4. The van der Waals surface area contributed by atoms with Gasteiger partial charge in [0, 0.05) is 33.3 Å². The second-order valence-electron chi connectivity index (χ2n) is 10.2. The van der Waals surface area contributed by atoms with Crippen molar-refractivity contribution in [3.8, 4) is 34.2 Å². The topological polar surface area (TPSA) is 35.6 Å². The molecule has 39 heavy (non-hydrogen) atoms. The van der Waals surface area contributed by atoms with Gasteiger partial charge in [-0.15, -0.1) is 10.2 Å². The third kappa shape index (κ3) is 3.93. The van der Waals surface area contributed by atoms with Crippen LogP contribution in [0.2, 0.25) is 0 Å². The molecule has 0 saturated carbocycles. The van der Waals surface area contributed by atoms with E-state index < -0.39 is 0 Å². The average molecular weight is 505 g/mol. The molecule has 0 radical (unpaired) electrons. The summed E-state index contributed by atoms with van der Waals surface area (Å²) in [6.45, 7) is 4.43. The Hall–Kier alpha value is -4.96. The van der Waals surface area contributed by atoms with Crippen molar-refractivity contribution < 1.29 is 0 Å². The van der Waals surface area contributed by atoms with Crippen LogP contribution in [-0.4, -0.2) is 19.3 Å². The van der Waals surface area contributed by atoms with Crippen LogP contribution in [0.5, 0.6) is 0 Å². The Morgan fingerprint density at radius 1 is 0.462 bits per heavy atom. The summed E-state index contributed by atoms with van der Waals surface area (Å²) in [7, 11) is 0. The summed E-state index contributed by atoms with van der Waals surface area (Å²) >= 11 is 0. The lowest BCUT2D eigenvalue weighted by Crippen LogP contribution is -2.01. The summed E-state index contributed by atoms with van der Waals surface area (Å²) in [4.78, 5) is 0. The molecule has 0 saturated heterocycles. The van der Waals surface area contributed by atoms with Gasteiger partial charge >= 0.3 is 0 Å².